The maximum absolute atomic E-state index is 11.7. The summed E-state index contributed by atoms with van der Waals surface area (Å²) in [5, 5.41) is 0. The Morgan fingerprint density at radius 1 is 1.41 bits per heavy atom. The Morgan fingerprint density at radius 2 is 2.12 bits per heavy atom. The van der Waals surface area contributed by atoms with E-state index in [1.807, 2.05) is 13.0 Å². The predicted molar refractivity (Wildman–Crippen MR) is 68.6 cm³/mol. The summed E-state index contributed by atoms with van der Waals surface area (Å²) in [6.45, 7) is 5.93. The van der Waals surface area contributed by atoms with Gasteiger partial charge in [0.2, 0.25) is 0 Å². The summed E-state index contributed by atoms with van der Waals surface area (Å²) in [7, 11) is 0. The van der Waals surface area contributed by atoms with E-state index >= 15 is 0 Å². The minimum Gasteiger partial charge on any atom is -0.461 e. The fourth-order valence-corrected chi connectivity index (χ4v) is 2.54. The van der Waals surface area contributed by atoms with Crippen LogP contribution in [0.15, 0.2) is 6.07 Å². The first-order valence-corrected chi connectivity index (χ1v) is 6.62. The third-order valence-electron chi connectivity index (χ3n) is 2.45. The van der Waals surface area contributed by atoms with Crippen LogP contribution in [0.4, 0.5) is 0 Å². The van der Waals surface area contributed by atoms with Gasteiger partial charge in [0, 0.05) is 11.3 Å². The van der Waals surface area contributed by atoms with Crippen LogP contribution in [0.2, 0.25) is 0 Å². The van der Waals surface area contributed by atoms with Gasteiger partial charge in [0.15, 0.2) is 0 Å². The van der Waals surface area contributed by atoms with E-state index in [0.717, 1.165) is 12.0 Å². The lowest BCUT2D eigenvalue weighted by Gasteiger charge is -2.01. The largest absolute Gasteiger partial charge is 0.461 e. The van der Waals surface area contributed by atoms with Crippen molar-refractivity contribution in [2.75, 3.05) is 6.61 Å². The molecule has 0 bridgehead atoms. The molecule has 0 saturated carbocycles. The SMILES string of the molecule is CCc1sc(C(=O)OCCCC(C)=O)cc1C. The normalized spacial score (nSPS) is 10.3. The van der Waals surface area contributed by atoms with E-state index in [-0.39, 0.29) is 11.8 Å². The zero-order valence-electron chi connectivity index (χ0n) is 10.5. The molecule has 1 rings (SSSR count). The molecule has 4 heteroatoms. The highest BCUT2D eigenvalue weighted by Crippen LogP contribution is 2.23. The van der Waals surface area contributed by atoms with Crippen molar-refractivity contribution >= 4 is 23.1 Å². The average Bonchev–Trinajstić information content (AvgIpc) is 2.65. The van der Waals surface area contributed by atoms with Gasteiger partial charge in [-0.2, -0.15) is 0 Å². The molecule has 0 N–H and O–H groups in total. The number of ether oxygens (including phenoxy) is 1. The zero-order chi connectivity index (χ0) is 12.8. The fraction of sp³-hybridized carbons (Fsp3) is 0.538. The molecule has 0 fully saturated rings. The van der Waals surface area contributed by atoms with E-state index in [1.54, 1.807) is 0 Å². The lowest BCUT2D eigenvalue weighted by Crippen LogP contribution is -2.05. The monoisotopic (exact) mass is 254 g/mol. The Hall–Kier alpha value is -1.16. The summed E-state index contributed by atoms with van der Waals surface area (Å²) < 4.78 is 5.11. The molecule has 0 radical (unpaired) electrons. The van der Waals surface area contributed by atoms with Crippen molar-refractivity contribution in [3.8, 4) is 0 Å². The highest BCUT2D eigenvalue weighted by molar-refractivity contribution is 7.14. The Kier molecular flexibility index (Phi) is 5.35. The van der Waals surface area contributed by atoms with E-state index in [1.165, 1.54) is 23.1 Å². The molecule has 0 saturated heterocycles. The summed E-state index contributed by atoms with van der Waals surface area (Å²) in [5.41, 5.74) is 1.15. The number of ketones is 1. The third-order valence-corrected chi connectivity index (χ3v) is 3.81. The zero-order valence-corrected chi connectivity index (χ0v) is 11.4. The first-order valence-electron chi connectivity index (χ1n) is 5.80. The van der Waals surface area contributed by atoms with Gasteiger partial charge in [0.25, 0.3) is 0 Å². The highest BCUT2D eigenvalue weighted by atomic mass is 32.1. The Labute approximate surface area is 106 Å². The first kappa shape index (κ1) is 13.9. The van der Waals surface area contributed by atoms with Gasteiger partial charge >= 0.3 is 5.97 Å². The second-order valence-electron chi connectivity index (χ2n) is 4.01. The van der Waals surface area contributed by atoms with E-state index in [2.05, 4.69) is 6.92 Å². The maximum Gasteiger partial charge on any atom is 0.348 e. The van der Waals surface area contributed by atoms with Crippen LogP contribution in [-0.4, -0.2) is 18.4 Å². The van der Waals surface area contributed by atoms with Crippen LogP contribution >= 0.6 is 11.3 Å². The number of carbonyl (C=O) groups is 2. The van der Waals surface area contributed by atoms with Crippen molar-refractivity contribution in [2.24, 2.45) is 0 Å². The summed E-state index contributed by atoms with van der Waals surface area (Å²) >= 11 is 1.49. The van der Waals surface area contributed by atoms with Gasteiger partial charge in [-0.3, -0.25) is 0 Å². The smallest absolute Gasteiger partial charge is 0.348 e. The molecule has 0 unspecified atom stereocenters. The third kappa shape index (κ3) is 4.30. The molecule has 1 aromatic rings. The molecular formula is C13H18O3S. The topological polar surface area (TPSA) is 43.4 Å². The second kappa shape index (κ2) is 6.55. The van der Waals surface area contributed by atoms with E-state index in [9.17, 15) is 9.59 Å². The number of esters is 1. The van der Waals surface area contributed by atoms with Crippen molar-refractivity contribution in [1.29, 1.82) is 0 Å². The number of thiophene rings is 1. The van der Waals surface area contributed by atoms with Crippen LogP contribution in [0.1, 0.15) is 46.8 Å². The van der Waals surface area contributed by atoms with Crippen LogP contribution in [0.3, 0.4) is 0 Å². The van der Waals surface area contributed by atoms with E-state index in [4.69, 9.17) is 4.74 Å². The van der Waals surface area contributed by atoms with Crippen molar-refractivity contribution in [2.45, 2.75) is 40.0 Å². The first-order chi connectivity index (χ1) is 8.04. The van der Waals surface area contributed by atoms with E-state index < -0.39 is 0 Å². The van der Waals surface area contributed by atoms with Gasteiger partial charge in [0.1, 0.15) is 10.7 Å². The van der Waals surface area contributed by atoms with E-state index in [0.29, 0.717) is 24.3 Å². The lowest BCUT2D eigenvalue weighted by atomic mass is 10.2. The number of Topliss-reactive ketones (excluding diaryl/α,β-unsaturated/α-hetero) is 1. The average molecular weight is 254 g/mol. The molecule has 17 heavy (non-hydrogen) atoms. The molecule has 0 amide bonds. The number of rotatable bonds is 6. The second-order valence-corrected chi connectivity index (χ2v) is 5.15. The van der Waals surface area contributed by atoms with Crippen molar-refractivity contribution in [1.82, 2.24) is 0 Å². The predicted octanol–water partition coefficient (Wildman–Crippen LogP) is 3.14. The van der Waals surface area contributed by atoms with Crippen molar-refractivity contribution < 1.29 is 14.3 Å². The van der Waals surface area contributed by atoms with Crippen molar-refractivity contribution in [3.63, 3.8) is 0 Å². The van der Waals surface area contributed by atoms with Crippen LogP contribution in [-0.2, 0) is 16.0 Å². The highest BCUT2D eigenvalue weighted by Gasteiger charge is 2.12. The Balaban J connectivity index is 2.44. The Bertz CT molecular complexity index is 407. The van der Waals surface area contributed by atoms with Crippen LogP contribution in [0.25, 0.3) is 0 Å². The fourth-order valence-electron chi connectivity index (χ4n) is 1.53. The number of aryl methyl sites for hydroxylation is 2. The quantitative estimate of drug-likeness (QED) is 0.578. The van der Waals surface area contributed by atoms with Crippen LogP contribution in [0, 0.1) is 6.92 Å². The molecule has 0 aromatic carbocycles. The van der Waals surface area contributed by atoms with Gasteiger partial charge in [-0.15, -0.1) is 11.3 Å². The lowest BCUT2D eigenvalue weighted by molar-refractivity contribution is -0.117. The van der Waals surface area contributed by atoms with Gasteiger partial charge in [-0.25, -0.2) is 4.79 Å². The number of hydrogen-bond donors (Lipinski definition) is 0. The van der Waals surface area contributed by atoms with Crippen LogP contribution in [0.5, 0.6) is 0 Å². The molecular weight excluding hydrogens is 236 g/mol. The van der Waals surface area contributed by atoms with Crippen LogP contribution < -0.4 is 0 Å². The maximum atomic E-state index is 11.7. The Morgan fingerprint density at radius 3 is 2.65 bits per heavy atom. The number of hydrogen-bond acceptors (Lipinski definition) is 4. The molecule has 0 aliphatic rings. The number of carbonyl (C=O) groups excluding carboxylic acids is 2. The molecule has 0 aliphatic carbocycles. The summed E-state index contributed by atoms with van der Waals surface area (Å²) in [6, 6.07) is 1.87. The summed E-state index contributed by atoms with van der Waals surface area (Å²) in [6.07, 6.45) is 2.01. The van der Waals surface area contributed by atoms with Gasteiger partial charge < -0.3 is 9.53 Å². The molecule has 0 spiro atoms. The van der Waals surface area contributed by atoms with Gasteiger partial charge in [-0.1, -0.05) is 6.92 Å². The summed E-state index contributed by atoms with van der Waals surface area (Å²) in [4.78, 5) is 24.3. The van der Waals surface area contributed by atoms with Gasteiger partial charge in [-0.05, 0) is 38.3 Å². The standard InChI is InChI=1S/C13H18O3S/c1-4-11-9(2)8-12(17-11)13(15)16-7-5-6-10(3)14/h8H,4-7H2,1-3H3. The molecule has 1 aromatic heterocycles. The molecule has 3 nitrogen and oxygen atoms in total. The van der Waals surface area contributed by atoms with Gasteiger partial charge in [0.05, 0.1) is 6.61 Å². The molecule has 0 atom stereocenters. The molecule has 0 aliphatic heterocycles. The molecule has 1 heterocycles. The minimum atomic E-state index is -0.277. The molecule has 94 valence electrons. The summed E-state index contributed by atoms with van der Waals surface area (Å²) in [5.74, 6) is -0.150. The minimum absolute atomic E-state index is 0.126. The van der Waals surface area contributed by atoms with Crippen molar-refractivity contribution in [3.05, 3.63) is 21.4 Å².